The van der Waals surface area contributed by atoms with E-state index in [-0.39, 0.29) is 12.4 Å². The second-order valence-corrected chi connectivity index (χ2v) is 4.96. The number of nitrogen functional groups attached to an aromatic ring is 1. The lowest BCUT2D eigenvalue weighted by Gasteiger charge is -2.28. The number of rotatable bonds is 5. The number of aliphatic hydroxyl groups excluding tert-OH is 1. The first kappa shape index (κ1) is 13.7. The summed E-state index contributed by atoms with van der Waals surface area (Å²) in [6.45, 7) is 2.46. The van der Waals surface area contributed by atoms with E-state index in [1.54, 1.807) is 6.07 Å². The predicted molar refractivity (Wildman–Crippen MR) is 74.5 cm³/mol. The van der Waals surface area contributed by atoms with Crippen molar-refractivity contribution >= 4 is 11.8 Å². The van der Waals surface area contributed by atoms with Crippen molar-refractivity contribution in [1.29, 1.82) is 5.41 Å². The molecule has 6 heteroatoms. The summed E-state index contributed by atoms with van der Waals surface area (Å²) in [5, 5.41) is 16.7. The van der Waals surface area contributed by atoms with E-state index in [0.717, 1.165) is 18.5 Å². The van der Waals surface area contributed by atoms with E-state index in [9.17, 15) is 5.11 Å². The van der Waals surface area contributed by atoms with Crippen LogP contribution < -0.4 is 10.6 Å². The molecule has 1 aromatic heterocycles. The first-order chi connectivity index (χ1) is 9.11. The van der Waals surface area contributed by atoms with Gasteiger partial charge in [-0.05, 0) is 25.8 Å². The Kier molecular flexibility index (Phi) is 4.31. The second-order valence-electron chi connectivity index (χ2n) is 4.96. The molecule has 1 fully saturated rings. The summed E-state index contributed by atoms with van der Waals surface area (Å²) < 4.78 is 0. The van der Waals surface area contributed by atoms with Crippen molar-refractivity contribution in [2.45, 2.75) is 38.6 Å². The SMILES string of the molecule is Cc1cc(C(=N)N)nc(N(CCO)C2CCCC2)n1. The number of nitrogens with one attached hydrogen (secondary N) is 1. The Hall–Kier alpha value is -1.69. The first-order valence-corrected chi connectivity index (χ1v) is 6.69. The zero-order valence-corrected chi connectivity index (χ0v) is 11.3. The van der Waals surface area contributed by atoms with E-state index in [1.807, 2.05) is 11.8 Å². The van der Waals surface area contributed by atoms with E-state index >= 15 is 0 Å². The van der Waals surface area contributed by atoms with Gasteiger partial charge < -0.3 is 15.7 Å². The minimum absolute atomic E-state index is 0.0536. The normalized spacial score (nSPS) is 15.7. The summed E-state index contributed by atoms with van der Waals surface area (Å²) in [5.74, 6) is 0.522. The molecule has 0 amide bonds. The van der Waals surface area contributed by atoms with Crippen molar-refractivity contribution in [2.75, 3.05) is 18.1 Å². The van der Waals surface area contributed by atoms with Gasteiger partial charge in [0.1, 0.15) is 11.5 Å². The average Bonchev–Trinajstić information content (AvgIpc) is 2.88. The average molecular weight is 263 g/mol. The monoisotopic (exact) mass is 263 g/mol. The van der Waals surface area contributed by atoms with Crippen molar-refractivity contribution in [2.24, 2.45) is 5.73 Å². The molecule has 4 N–H and O–H groups in total. The molecule has 1 aromatic rings. The Morgan fingerprint density at radius 3 is 2.74 bits per heavy atom. The van der Waals surface area contributed by atoms with Gasteiger partial charge in [-0.25, -0.2) is 9.97 Å². The summed E-state index contributed by atoms with van der Waals surface area (Å²) in [5.41, 5.74) is 6.74. The molecule has 1 aliphatic rings. The molecule has 1 aliphatic carbocycles. The molecule has 0 unspecified atom stereocenters. The Balaban J connectivity index is 2.32. The highest BCUT2D eigenvalue weighted by atomic mass is 16.3. The van der Waals surface area contributed by atoms with Crippen LogP contribution in [0.1, 0.15) is 37.1 Å². The minimum atomic E-state index is -0.0536. The molecule has 0 atom stereocenters. The molecule has 6 nitrogen and oxygen atoms in total. The Bertz CT molecular complexity index is 456. The largest absolute Gasteiger partial charge is 0.395 e. The van der Waals surface area contributed by atoms with Crippen molar-refractivity contribution in [3.05, 3.63) is 17.5 Å². The molecular weight excluding hydrogens is 242 g/mol. The number of aliphatic hydroxyl groups is 1. The molecular formula is C13H21N5O. The Morgan fingerprint density at radius 2 is 2.16 bits per heavy atom. The molecule has 2 rings (SSSR count). The number of amidine groups is 1. The van der Waals surface area contributed by atoms with Gasteiger partial charge in [-0.15, -0.1) is 0 Å². The molecule has 0 spiro atoms. The number of hydrogen-bond donors (Lipinski definition) is 3. The van der Waals surface area contributed by atoms with Crippen LogP contribution in [0.25, 0.3) is 0 Å². The third-order valence-corrected chi connectivity index (χ3v) is 3.48. The summed E-state index contributed by atoms with van der Waals surface area (Å²) in [6.07, 6.45) is 4.62. The van der Waals surface area contributed by atoms with Gasteiger partial charge in [0.05, 0.1) is 6.61 Å². The second kappa shape index (κ2) is 5.97. The lowest BCUT2D eigenvalue weighted by atomic mass is 10.2. The summed E-state index contributed by atoms with van der Waals surface area (Å²) in [4.78, 5) is 10.8. The first-order valence-electron chi connectivity index (χ1n) is 6.69. The van der Waals surface area contributed by atoms with Gasteiger partial charge in [-0.1, -0.05) is 12.8 Å². The summed E-state index contributed by atoms with van der Waals surface area (Å²) >= 11 is 0. The molecule has 0 aliphatic heterocycles. The van der Waals surface area contributed by atoms with E-state index in [0.29, 0.717) is 24.2 Å². The van der Waals surface area contributed by atoms with Crippen LogP contribution in [0.15, 0.2) is 6.07 Å². The maximum Gasteiger partial charge on any atom is 0.226 e. The number of aryl methyl sites for hydroxylation is 1. The molecule has 0 bridgehead atoms. The molecule has 1 saturated carbocycles. The fourth-order valence-corrected chi connectivity index (χ4v) is 2.59. The maximum atomic E-state index is 9.24. The minimum Gasteiger partial charge on any atom is -0.395 e. The lowest BCUT2D eigenvalue weighted by Crippen LogP contribution is -2.37. The van der Waals surface area contributed by atoms with Gasteiger partial charge in [0, 0.05) is 18.3 Å². The number of hydrogen-bond acceptors (Lipinski definition) is 5. The molecule has 0 saturated heterocycles. The quantitative estimate of drug-likeness (QED) is 0.539. The molecule has 1 heterocycles. The fraction of sp³-hybridized carbons (Fsp3) is 0.615. The van der Waals surface area contributed by atoms with Crippen LogP contribution in [0.2, 0.25) is 0 Å². The number of nitrogens with two attached hydrogens (primary N) is 1. The standard InChI is InChI=1S/C13H21N5O/c1-9-8-11(12(14)15)17-13(16-9)18(6-7-19)10-4-2-3-5-10/h8,10,19H,2-7H2,1H3,(H3,14,15). The van der Waals surface area contributed by atoms with Crippen LogP contribution in [-0.2, 0) is 0 Å². The third-order valence-electron chi connectivity index (χ3n) is 3.48. The van der Waals surface area contributed by atoms with E-state index in [2.05, 4.69) is 9.97 Å². The van der Waals surface area contributed by atoms with Crippen LogP contribution in [0, 0.1) is 12.3 Å². The molecule has 0 radical (unpaired) electrons. The smallest absolute Gasteiger partial charge is 0.226 e. The van der Waals surface area contributed by atoms with Crippen molar-refractivity contribution in [3.8, 4) is 0 Å². The van der Waals surface area contributed by atoms with Gasteiger partial charge in [0.2, 0.25) is 5.95 Å². The highest BCUT2D eigenvalue weighted by molar-refractivity contribution is 5.93. The van der Waals surface area contributed by atoms with Crippen LogP contribution in [0.4, 0.5) is 5.95 Å². The maximum absolute atomic E-state index is 9.24. The predicted octanol–water partition coefficient (Wildman–Crippen LogP) is 0.810. The zero-order valence-electron chi connectivity index (χ0n) is 11.3. The van der Waals surface area contributed by atoms with Crippen LogP contribution in [-0.4, -0.2) is 40.1 Å². The highest BCUT2D eigenvalue weighted by Gasteiger charge is 2.24. The van der Waals surface area contributed by atoms with Gasteiger partial charge in [0.15, 0.2) is 0 Å². The zero-order chi connectivity index (χ0) is 13.8. The summed E-state index contributed by atoms with van der Waals surface area (Å²) in [7, 11) is 0. The summed E-state index contributed by atoms with van der Waals surface area (Å²) in [6, 6.07) is 2.09. The molecule has 19 heavy (non-hydrogen) atoms. The van der Waals surface area contributed by atoms with E-state index in [1.165, 1.54) is 12.8 Å². The van der Waals surface area contributed by atoms with E-state index in [4.69, 9.17) is 11.1 Å². The molecule has 0 aromatic carbocycles. The number of aromatic nitrogens is 2. The number of nitrogens with zero attached hydrogens (tertiary/aromatic N) is 3. The van der Waals surface area contributed by atoms with Gasteiger partial charge in [-0.2, -0.15) is 0 Å². The van der Waals surface area contributed by atoms with Crippen molar-refractivity contribution < 1.29 is 5.11 Å². The fourth-order valence-electron chi connectivity index (χ4n) is 2.59. The van der Waals surface area contributed by atoms with Gasteiger partial charge >= 0.3 is 0 Å². The van der Waals surface area contributed by atoms with Crippen LogP contribution in [0.3, 0.4) is 0 Å². The van der Waals surface area contributed by atoms with Crippen LogP contribution in [0.5, 0.6) is 0 Å². The topological polar surface area (TPSA) is 99.1 Å². The third kappa shape index (κ3) is 3.20. The van der Waals surface area contributed by atoms with Gasteiger partial charge in [0.25, 0.3) is 0 Å². The van der Waals surface area contributed by atoms with E-state index < -0.39 is 0 Å². The van der Waals surface area contributed by atoms with Crippen molar-refractivity contribution in [3.63, 3.8) is 0 Å². The van der Waals surface area contributed by atoms with Gasteiger partial charge in [-0.3, -0.25) is 5.41 Å². The lowest BCUT2D eigenvalue weighted by molar-refractivity contribution is 0.296. The highest BCUT2D eigenvalue weighted by Crippen LogP contribution is 2.26. The number of anilines is 1. The van der Waals surface area contributed by atoms with Crippen molar-refractivity contribution in [1.82, 2.24) is 9.97 Å². The Labute approximate surface area is 113 Å². The molecule has 104 valence electrons. The Morgan fingerprint density at radius 1 is 1.47 bits per heavy atom. The van der Waals surface area contributed by atoms with Crippen LogP contribution >= 0.6 is 0 Å².